The molecule has 2 rings (SSSR count). The number of rotatable bonds is 2. The van der Waals surface area contributed by atoms with E-state index in [1.54, 1.807) is 17.8 Å². The Morgan fingerprint density at radius 3 is 3.07 bits per heavy atom. The highest BCUT2D eigenvalue weighted by Gasteiger charge is 2.20. The third kappa shape index (κ3) is 3.16. The molecule has 1 saturated carbocycles. The van der Waals surface area contributed by atoms with Crippen LogP contribution in [-0.4, -0.2) is 15.2 Å². The zero-order valence-electron chi connectivity index (χ0n) is 8.82. The summed E-state index contributed by atoms with van der Waals surface area (Å²) >= 11 is 1.69. The number of hydrogen-bond acceptors (Lipinski definition) is 3. The van der Waals surface area contributed by atoms with Crippen molar-refractivity contribution in [3.63, 3.8) is 0 Å². The van der Waals surface area contributed by atoms with Crippen LogP contribution in [0.25, 0.3) is 0 Å². The highest BCUT2D eigenvalue weighted by molar-refractivity contribution is 7.99. The minimum atomic E-state index is -0.621. The maximum absolute atomic E-state index is 12.8. The molecule has 82 valence electrons. The molecule has 4 heteroatoms. The average Bonchev–Trinajstić information content (AvgIpc) is 2.17. The fourth-order valence-corrected chi connectivity index (χ4v) is 3.36. The van der Waals surface area contributed by atoms with Crippen LogP contribution >= 0.6 is 11.8 Å². The molecule has 1 aromatic rings. The Balaban J connectivity index is 1.96. The predicted octanol–water partition coefficient (Wildman–Crippen LogP) is 3.29. The normalized spacial score (nSPS) is 26.5. The van der Waals surface area contributed by atoms with Crippen LogP contribution in [0.3, 0.4) is 0 Å². The number of thioether (sulfide) groups is 1. The van der Waals surface area contributed by atoms with Gasteiger partial charge in [0.25, 0.3) is 0 Å². The van der Waals surface area contributed by atoms with Crippen molar-refractivity contribution < 1.29 is 4.39 Å². The number of hydrogen-bond donors (Lipinski definition) is 0. The van der Waals surface area contributed by atoms with Gasteiger partial charge in [0.2, 0.25) is 0 Å². The third-order valence-electron chi connectivity index (χ3n) is 2.78. The quantitative estimate of drug-likeness (QED) is 0.571. The molecule has 1 aliphatic carbocycles. The first-order chi connectivity index (χ1) is 7.24. The van der Waals surface area contributed by atoms with E-state index in [-0.39, 0.29) is 0 Å². The van der Waals surface area contributed by atoms with Gasteiger partial charge in [0.05, 0.1) is 0 Å². The second-order valence-corrected chi connectivity index (χ2v) is 5.50. The molecule has 0 aliphatic heterocycles. The van der Waals surface area contributed by atoms with E-state index < -0.39 is 6.08 Å². The molecule has 0 saturated heterocycles. The topological polar surface area (TPSA) is 25.8 Å². The van der Waals surface area contributed by atoms with Crippen LogP contribution in [0.4, 0.5) is 4.39 Å². The minimum absolute atomic E-state index is 0.600. The summed E-state index contributed by atoms with van der Waals surface area (Å²) in [5.41, 5.74) is 0. The van der Waals surface area contributed by atoms with Gasteiger partial charge in [0.15, 0.2) is 0 Å². The predicted molar refractivity (Wildman–Crippen MR) is 59.3 cm³/mol. The summed E-state index contributed by atoms with van der Waals surface area (Å²) < 4.78 is 12.8. The first-order valence-corrected chi connectivity index (χ1v) is 6.27. The zero-order valence-corrected chi connectivity index (χ0v) is 9.63. The van der Waals surface area contributed by atoms with E-state index in [0.29, 0.717) is 5.25 Å². The highest BCUT2D eigenvalue weighted by atomic mass is 32.2. The molecule has 0 amide bonds. The third-order valence-corrected chi connectivity index (χ3v) is 4.01. The minimum Gasteiger partial charge on any atom is -0.211 e. The van der Waals surface area contributed by atoms with Crippen molar-refractivity contribution in [3.05, 3.63) is 18.3 Å². The Morgan fingerprint density at radius 2 is 2.33 bits per heavy atom. The van der Waals surface area contributed by atoms with Crippen molar-refractivity contribution in [2.24, 2.45) is 5.92 Å². The molecule has 2 nitrogen and oxygen atoms in total. The van der Waals surface area contributed by atoms with Gasteiger partial charge >= 0.3 is 6.08 Å². The Kier molecular flexibility index (Phi) is 3.57. The van der Waals surface area contributed by atoms with Gasteiger partial charge in [-0.1, -0.05) is 19.8 Å². The Labute approximate surface area is 93.7 Å². The van der Waals surface area contributed by atoms with E-state index in [0.717, 1.165) is 10.9 Å². The van der Waals surface area contributed by atoms with E-state index >= 15 is 0 Å². The van der Waals surface area contributed by atoms with Crippen molar-refractivity contribution in [1.29, 1.82) is 0 Å². The van der Waals surface area contributed by atoms with Crippen molar-refractivity contribution >= 4 is 11.8 Å². The summed E-state index contributed by atoms with van der Waals surface area (Å²) in [5, 5.41) is 1.37. The van der Waals surface area contributed by atoms with E-state index in [1.165, 1.54) is 31.9 Å². The molecule has 0 N–H and O–H groups in total. The molecule has 2 unspecified atom stereocenters. The number of halogens is 1. The molecule has 0 radical (unpaired) electrons. The van der Waals surface area contributed by atoms with Gasteiger partial charge in [0.1, 0.15) is 5.03 Å². The van der Waals surface area contributed by atoms with E-state index in [9.17, 15) is 4.39 Å². The number of aromatic nitrogens is 2. The average molecular weight is 226 g/mol. The standard InChI is InChI=1S/C11H15FN2S/c1-8-3-2-4-9(7-8)15-10-5-6-13-11(12)14-10/h5-6,8-9H,2-4,7H2,1H3. The monoisotopic (exact) mass is 226 g/mol. The fraction of sp³-hybridized carbons (Fsp3) is 0.636. The molecule has 1 aliphatic rings. The van der Waals surface area contributed by atoms with Crippen LogP contribution in [0.15, 0.2) is 17.3 Å². The summed E-state index contributed by atoms with van der Waals surface area (Å²) in [6, 6.07) is 1.78. The second-order valence-electron chi connectivity index (χ2n) is 4.18. The molecule has 1 heterocycles. The molecule has 2 atom stereocenters. The van der Waals surface area contributed by atoms with Gasteiger partial charge in [-0.15, -0.1) is 11.8 Å². The van der Waals surface area contributed by atoms with Crippen LogP contribution in [-0.2, 0) is 0 Å². The molecule has 0 aromatic carbocycles. The second kappa shape index (κ2) is 4.92. The first kappa shape index (κ1) is 10.9. The van der Waals surface area contributed by atoms with Gasteiger partial charge in [-0.2, -0.15) is 9.37 Å². The maximum Gasteiger partial charge on any atom is 0.309 e. The van der Waals surface area contributed by atoms with Crippen LogP contribution in [0, 0.1) is 12.0 Å². The van der Waals surface area contributed by atoms with Gasteiger partial charge in [-0.3, -0.25) is 0 Å². The molecule has 0 bridgehead atoms. The summed E-state index contributed by atoms with van der Waals surface area (Å²) in [4.78, 5) is 7.23. The SMILES string of the molecule is CC1CCCC(Sc2ccnc(F)n2)C1. The van der Waals surface area contributed by atoms with E-state index in [1.807, 2.05) is 0 Å². The molecular weight excluding hydrogens is 211 g/mol. The fourth-order valence-electron chi connectivity index (χ4n) is 2.04. The van der Waals surface area contributed by atoms with E-state index in [4.69, 9.17) is 0 Å². The summed E-state index contributed by atoms with van der Waals surface area (Å²) in [6.07, 6.45) is 5.92. The van der Waals surface area contributed by atoms with Crippen LogP contribution in [0.1, 0.15) is 32.6 Å². The molecule has 0 spiro atoms. The number of nitrogens with zero attached hydrogens (tertiary/aromatic N) is 2. The van der Waals surface area contributed by atoms with Gasteiger partial charge < -0.3 is 0 Å². The smallest absolute Gasteiger partial charge is 0.211 e. The van der Waals surface area contributed by atoms with Crippen LogP contribution < -0.4 is 0 Å². The Morgan fingerprint density at radius 1 is 1.47 bits per heavy atom. The van der Waals surface area contributed by atoms with Gasteiger partial charge in [0, 0.05) is 11.4 Å². The summed E-state index contributed by atoms with van der Waals surface area (Å²) in [7, 11) is 0. The Hall–Kier alpha value is -0.640. The van der Waals surface area contributed by atoms with Gasteiger partial charge in [-0.25, -0.2) is 4.98 Å². The van der Waals surface area contributed by atoms with E-state index in [2.05, 4.69) is 16.9 Å². The largest absolute Gasteiger partial charge is 0.309 e. The molecular formula is C11H15FN2S. The molecule has 15 heavy (non-hydrogen) atoms. The van der Waals surface area contributed by atoms with Crippen molar-refractivity contribution in [2.45, 2.75) is 42.9 Å². The van der Waals surface area contributed by atoms with Crippen LogP contribution in [0.2, 0.25) is 0 Å². The van der Waals surface area contributed by atoms with Crippen molar-refractivity contribution in [1.82, 2.24) is 9.97 Å². The lowest BCUT2D eigenvalue weighted by atomic mass is 9.91. The molecule has 1 aromatic heterocycles. The van der Waals surface area contributed by atoms with Crippen molar-refractivity contribution in [2.75, 3.05) is 0 Å². The lowest BCUT2D eigenvalue weighted by Gasteiger charge is -2.25. The zero-order chi connectivity index (χ0) is 10.7. The first-order valence-electron chi connectivity index (χ1n) is 5.39. The van der Waals surface area contributed by atoms with Crippen molar-refractivity contribution in [3.8, 4) is 0 Å². The maximum atomic E-state index is 12.8. The summed E-state index contributed by atoms with van der Waals surface area (Å²) in [5.74, 6) is 0.794. The van der Waals surface area contributed by atoms with Gasteiger partial charge in [-0.05, 0) is 24.8 Å². The lowest BCUT2D eigenvalue weighted by Crippen LogP contribution is -2.15. The Bertz CT molecular complexity index is 332. The van der Waals surface area contributed by atoms with Crippen LogP contribution in [0.5, 0.6) is 0 Å². The highest BCUT2D eigenvalue weighted by Crippen LogP contribution is 2.34. The summed E-state index contributed by atoms with van der Waals surface area (Å²) in [6.45, 7) is 2.29. The molecule has 1 fully saturated rings. The lowest BCUT2D eigenvalue weighted by molar-refractivity contribution is 0.394.